The lowest BCUT2D eigenvalue weighted by atomic mass is 9.89. The van der Waals surface area contributed by atoms with Crippen molar-refractivity contribution in [3.63, 3.8) is 0 Å². The summed E-state index contributed by atoms with van der Waals surface area (Å²) in [5, 5.41) is 11.3. The smallest absolute Gasteiger partial charge is 0.254 e. The molecule has 4 aromatic carbocycles. The van der Waals surface area contributed by atoms with Gasteiger partial charge in [0.25, 0.3) is 5.70 Å². The third-order valence-electron chi connectivity index (χ3n) is 7.61. The first-order valence-electron chi connectivity index (χ1n) is 13.1. The largest absolute Gasteiger partial charge is 0.506 e. The molecule has 0 saturated heterocycles. The summed E-state index contributed by atoms with van der Waals surface area (Å²) in [5.74, 6) is 0.0607. The number of aryl methyl sites for hydroxylation is 1. The van der Waals surface area contributed by atoms with E-state index in [9.17, 15) is 9.90 Å². The first-order valence-corrected chi connectivity index (χ1v) is 13.1. The molecule has 1 N–H and O–H groups in total. The molecule has 0 bridgehead atoms. The number of ketones is 1. The minimum Gasteiger partial charge on any atom is -0.506 e. The normalized spacial score (nSPS) is 14.4. The highest BCUT2D eigenvalue weighted by Crippen LogP contribution is 2.47. The Labute approximate surface area is 223 Å². The molecule has 1 aliphatic heterocycles. The second-order valence-corrected chi connectivity index (χ2v) is 10.1. The van der Waals surface area contributed by atoms with Crippen LogP contribution in [0.2, 0.25) is 0 Å². The van der Waals surface area contributed by atoms with Gasteiger partial charge in [0.1, 0.15) is 5.57 Å². The molecular weight excluding hydrogens is 466 g/mol. The van der Waals surface area contributed by atoms with Gasteiger partial charge < -0.3 is 5.11 Å². The molecule has 0 unspecified atom stereocenters. The molecule has 0 amide bonds. The minimum atomic E-state index is -0.0722. The van der Waals surface area contributed by atoms with Crippen LogP contribution in [0.15, 0.2) is 114 Å². The number of hydrogen-bond acceptors (Lipinski definition) is 2. The Bertz CT molecular complexity index is 1650. The van der Waals surface area contributed by atoms with E-state index in [1.54, 1.807) is 13.8 Å². The van der Waals surface area contributed by atoms with Crippen LogP contribution in [0.5, 0.6) is 0 Å². The highest BCUT2D eigenvalue weighted by atomic mass is 16.3. The summed E-state index contributed by atoms with van der Waals surface area (Å²) in [4.78, 5) is 13.6. The van der Waals surface area contributed by atoms with Gasteiger partial charge in [-0.05, 0) is 66.8 Å². The van der Waals surface area contributed by atoms with E-state index in [1.807, 2.05) is 24.3 Å². The SMILES string of the molecule is CC(=O)C(=C1c2ccccc2-c2ccccc21)/C(=C(/C)O)[N+]1=C(c2ccc(C)cc2)c2ccccc2CC1. The first-order chi connectivity index (χ1) is 18.5. The van der Waals surface area contributed by atoms with Crippen LogP contribution < -0.4 is 0 Å². The van der Waals surface area contributed by atoms with E-state index in [1.165, 1.54) is 11.1 Å². The molecule has 186 valence electrons. The van der Waals surface area contributed by atoms with Gasteiger partial charge in [0, 0.05) is 17.6 Å². The Morgan fingerprint density at radius 1 is 0.711 bits per heavy atom. The second-order valence-electron chi connectivity index (χ2n) is 10.1. The number of aliphatic hydroxyl groups excluding tert-OH is 1. The molecule has 6 rings (SSSR count). The predicted molar refractivity (Wildman–Crippen MR) is 154 cm³/mol. The van der Waals surface area contributed by atoms with Gasteiger partial charge in [0.2, 0.25) is 5.71 Å². The van der Waals surface area contributed by atoms with Gasteiger partial charge in [-0.15, -0.1) is 0 Å². The zero-order valence-electron chi connectivity index (χ0n) is 22.0. The zero-order valence-corrected chi connectivity index (χ0v) is 22.0. The number of rotatable bonds is 4. The van der Waals surface area contributed by atoms with Crippen molar-refractivity contribution in [3.05, 3.63) is 147 Å². The van der Waals surface area contributed by atoms with Crippen LogP contribution in [0.4, 0.5) is 0 Å². The quantitative estimate of drug-likeness (QED) is 0.162. The van der Waals surface area contributed by atoms with E-state index in [0.29, 0.717) is 17.8 Å². The molecule has 3 heteroatoms. The Morgan fingerprint density at radius 2 is 1.24 bits per heavy atom. The van der Waals surface area contributed by atoms with Crippen LogP contribution in [0.25, 0.3) is 16.7 Å². The van der Waals surface area contributed by atoms with E-state index in [4.69, 9.17) is 0 Å². The standard InChI is InChI=1S/C35H29NO2/c1-22-16-18-26(19-17-22)35-27-11-5-4-10-25(27)20-21-36(35)34(24(3)38)32(23(2)37)33-30-14-8-6-12-28(30)29-13-7-9-15-31(29)33/h4-19H,20-21H2,1-3H3/p+1/b34-24+. The summed E-state index contributed by atoms with van der Waals surface area (Å²) in [6.45, 7) is 6.04. The molecule has 0 atom stereocenters. The van der Waals surface area contributed by atoms with Crippen LogP contribution in [-0.4, -0.2) is 27.7 Å². The molecule has 0 aromatic heterocycles. The zero-order chi connectivity index (χ0) is 26.4. The second kappa shape index (κ2) is 9.42. The van der Waals surface area contributed by atoms with Crippen molar-refractivity contribution >= 4 is 17.1 Å². The van der Waals surface area contributed by atoms with Crippen LogP contribution in [-0.2, 0) is 11.2 Å². The van der Waals surface area contributed by atoms with Gasteiger partial charge >= 0.3 is 0 Å². The molecule has 0 fully saturated rings. The lowest BCUT2D eigenvalue weighted by molar-refractivity contribution is -0.475. The van der Waals surface area contributed by atoms with Crippen molar-refractivity contribution in [1.82, 2.24) is 0 Å². The maximum atomic E-state index is 13.6. The highest BCUT2D eigenvalue weighted by Gasteiger charge is 2.38. The summed E-state index contributed by atoms with van der Waals surface area (Å²) in [5.41, 5.74) is 11.9. The summed E-state index contributed by atoms with van der Waals surface area (Å²) in [6, 6.07) is 33.4. The number of hydrogen-bond donors (Lipinski definition) is 1. The van der Waals surface area contributed by atoms with E-state index in [2.05, 4.69) is 84.3 Å². The molecule has 0 spiro atoms. The predicted octanol–water partition coefficient (Wildman–Crippen LogP) is 7.26. The number of carbonyl (C=O) groups is 1. The van der Waals surface area contributed by atoms with Crippen LogP contribution in [0, 0.1) is 6.92 Å². The van der Waals surface area contributed by atoms with Crippen molar-refractivity contribution in [2.75, 3.05) is 6.54 Å². The Kier molecular flexibility index (Phi) is 5.92. The molecule has 2 aliphatic rings. The average Bonchev–Trinajstić information content (AvgIpc) is 3.25. The molecule has 3 nitrogen and oxygen atoms in total. The molecule has 4 aromatic rings. The lowest BCUT2D eigenvalue weighted by Gasteiger charge is -2.22. The highest BCUT2D eigenvalue weighted by molar-refractivity contribution is 6.15. The van der Waals surface area contributed by atoms with E-state index < -0.39 is 0 Å². The van der Waals surface area contributed by atoms with Gasteiger partial charge in [-0.2, -0.15) is 4.58 Å². The molecule has 0 radical (unpaired) electrons. The Hall–Kier alpha value is -4.50. The number of aliphatic hydroxyl groups is 1. The van der Waals surface area contributed by atoms with Crippen molar-refractivity contribution < 1.29 is 14.5 Å². The number of carbonyl (C=O) groups excluding carboxylic acids is 1. The summed E-state index contributed by atoms with van der Waals surface area (Å²) >= 11 is 0. The molecule has 1 aliphatic carbocycles. The number of nitrogens with zero attached hydrogens (tertiary/aromatic N) is 1. The summed E-state index contributed by atoms with van der Waals surface area (Å²) in [7, 11) is 0. The van der Waals surface area contributed by atoms with Crippen LogP contribution in [0.1, 0.15) is 47.2 Å². The number of allylic oxidation sites excluding steroid dienone is 2. The Morgan fingerprint density at radius 3 is 1.79 bits per heavy atom. The number of benzene rings is 4. The van der Waals surface area contributed by atoms with Gasteiger partial charge in [-0.3, -0.25) is 4.79 Å². The lowest BCUT2D eigenvalue weighted by Crippen LogP contribution is -2.33. The third kappa shape index (κ3) is 3.83. The number of fused-ring (bicyclic) bond motifs is 4. The van der Waals surface area contributed by atoms with E-state index in [-0.39, 0.29) is 11.5 Å². The fourth-order valence-corrected chi connectivity index (χ4v) is 5.96. The molecule has 1 heterocycles. The molecular formula is C35H30NO2+. The average molecular weight is 497 g/mol. The molecule has 38 heavy (non-hydrogen) atoms. The fraction of sp³-hybridized carbons (Fsp3) is 0.143. The van der Waals surface area contributed by atoms with E-state index in [0.717, 1.165) is 51.1 Å². The number of Topliss-reactive ketones (excluding diaryl/α,β-unsaturated/α-hetero) is 1. The van der Waals surface area contributed by atoms with Crippen molar-refractivity contribution in [3.8, 4) is 11.1 Å². The van der Waals surface area contributed by atoms with Gasteiger partial charge in [0.15, 0.2) is 18.1 Å². The maximum Gasteiger partial charge on any atom is 0.254 e. The van der Waals surface area contributed by atoms with Gasteiger partial charge in [-0.25, -0.2) is 0 Å². The summed E-state index contributed by atoms with van der Waals surface area (Å²) < 4.78 is 2.16. The maximum absolute atomic E-state index is 13.6. The summed E-state index contributed by atoms with van der Waals surface area (Å²) in [6.07, 6.45) is 0.815. The third-order valence-corrected chi connectivity index (χ3v) is 7.61. The fourth-order valence-electron chi connectivity index (χ4n) is 5.96. The monoisotopic (exact) mass is 496 g/mol. The van der Waals surface area contributed by atoms with Crippen molar-refractivity contribution in [2.45, 2.75) is 27.2 Å². The van der Waals surface area contributed by atoms with Crippen molar-refractivity contribution in [2.24, 2.45) is 0 Å². The van der Waals surface area contributed by atoms with E-state index >= 15 is 0 Å². The Balaban J connectivity index is 1.72. The minimum absolute atomic E-state index is 0.0722. The topological polar surface area (TPSA) is 40.3 Å². The van der Waals surface area contributed by atoms with Crippen LogP contribution >= 0.6 is 0 Å². The van der Waals surface area contributed by atoms with Gasteiger partial charge in [0.05, 0.1) is 5.56 Å². The van der Waals surface area contributed by atoms with Crippen molar-refractivity contribution in [1.29, 1.82) is 0 Å². The van der Waals surface area contributed by atoms with Gasteiger partial charge in [-0.1, -0.05) is 84.4 Å². The first kappa shape index (κ1) is 23.9. The van der Waals surface area contributed by atoms with Crippen LogP contribution in [0.3, 0.4) is 0 Å². The molecule has 0 saturated carbocycles.